The number of rotatable bonds is 2. The van der Waals surface area contributed by atoms with Crippen molar-refractivity contribution in [1.29, 1.82) is 5.26 Å². The van der Waals surface area contributed by atoms with Crippen molar-refractivity contribution in [1.82, 2.24) is 19.8 Å². The van der Waals surface area contributed by atoms with Gasteiger partial charge in [0.25, 0.3) is 0 Å². The molecule has 5 heteroatoms. The van der Waals surface area contributed by atoms with Crippen LogP contribution in [0.25, 0.3) is 11.0 Å². The molecule has 0 saturated carbocycles. The summed E-state index contributed by atoms with van der Waals surface area (Å²) < 4.78 is 0. The molecule has 1 aromatic carbocycles. The molecule has 3 heterocycles. The van der Waals surface area contributed by atoms with Gasteiger partial charge in [0, 0.05) is 18.5 Å². The number of nitrogens with one attached hydrogen (secondary N) is 1. The van der Waals surface area contributed by atoms with Crippen LogP contribution < -0.4 is 0 Å². The van der Waals surface area contributed by atoms with Gasteiger partial charge in [-0.25, -0.2) is 4.98 Å². The van der Waals surface area contributed by atoms with Gasteiger partial charge in [0.05, 0.1) is 22.7 Å². The summed E-state index contributed by atoms with van der Waals surface area (Å²) in [6, 6.07) is 8.61. The summed E-state index contributed by atoms with van der Waals surface area (Å²) in [5.74, 6) is 1.58. The number of piperidine rings is 1. The maximum Gasteiger partial charge on any atom is 0.111 e. The fraction of sp³-hybridized carbons (Fsp3) is 0.556. The van der Waals surface area contributed by atoms with Gasteiger partial charge in [0.2, 0.25) is 0 Å². The van der Waals surface area contributed by atoms with Crippen LogP contribution in [0.2, 0.25) is 0 Å². The summed E-state index contributed by atoms with van der Waals surface area (Å²) in [4.78, 5) is 13.3. The van der Waals surface area contributed by atoms with Crippen molar-refractivity contribution in [2.75, 3.05) is 33.2 Å². The molecule has 0 spiro atoms. The first-order valence-electron chi connectivity index (χ1n) is 8.55. The second-order valence-electron chi connectivity index (χ2n) is 6.98. The maximum atomic E-state index is 9.02. The lowest BCUT2D eigenvalue weighted by molar-refractivity contribution is 0.142. The van der Waals surface area contributed by atoms with Gasteiger partial charge in [-0.2, -0.15) is 5.26 Å². The van der Waals surface area contributed by atoms with Crippen molar-refractivity contribution in [3.8, 4) is 6.07 Å². The summed E-state index contributed by atoms with van der Waals surface area (Å²) in [6.07, 6.45) is 3.75. The molecule has 1 aromatic heterocycles. The van der Waals surface area contributed by atoms with E-state index in [0.29, 0.717) is 11.5 Å². The molecule has 1 atom stereocenters. The third-order valence-electron chi connectivity index (χ3n) is 5.44. The Bertz CT molecular complexity index is 735. The first kappa shape index (κ1) is 14.7. The number of nitriles is 1. The van der Waals surface area contributed by atoms with Crippen LogP contribution in [-0.2, 0) is 0 Å². The summed E-state index contributed by atoms with van der Waals surface area (Å²) >= 11 is 0. The lowest BCUT2D eigenvalue weighted by atomic mass is 10.0. The molecule has 5 nitrogen and oxygen atoms in total. The highest BCUT2D eigenvalue weighted by atomic mass is 15.2. The number of fused-ring (bicyclic) bond motifs is 1. The number of nitrogens with zero attached hydrogens (tertiary/aromatic N) is 4. The van der Waals surface area contributed by atoms with Crippen LogP contribution in [0.1, 0.15) is 36.6 Å². The molecule has 0 aliphatic carbocycles. The summed E-state index contributed by atoms with van der Waals surface area (Å²) in [6.45, 7) is 4.72. The van der Waals surface area contributed by atoms with E-state index in [1.165, 1.54) is 38.9 Å². The smallest absolute Gasteiger partial charge is 0.111 e. The fourth-order valence-electron chi connectivity index (χ4n) is 3.99. The van der Waals surface area contributed by atoms with Crippen LogP contribution in [0, 0.1) is 11.3 Å². The van der Waals surface area contributed by atoms with Crippen LogP contribution >= 0.6 is 0 Å². The van der Waals surface area contributed by atoms with E-state index in [-0.39, 0.29) is 0 Å². The van der Waals surface area contributed by atoms with E-state index in [1.807, 2.05) is 18.2 Å². The Morgan fingerprint density at radius 1 is 1.22 bits per heavy atom. The van der Waals surface area contributed by atoms with Gasteiger partial charge in [0.15, 0.2) is 0 Å². The second kappa shape index (κ2) is 5.95. The normalized spacial score (nSPS) is 24.3. The lowest BCUT2D eigenvalue weighted by Gasteiger charge is -2.35. The molecule has 0 unspecified atom stereocenters. The molecule has 0 amide bonds. The van der Waals surface area contributed by atoms with E-state index < -0.39 is 0 Å². The van der Waals surface area contributed by atoms with Crippen molar-refractivity contribution in [2.45, 2.75) is 31.2 Å². The number of imidazole rings is 1. The number of aromatic nitrogens is 2. The predicted octanol–water partition coefficient (Wildman–Crippen LogP) is 2.32. The molecule has 1 N–H and O–H groups in total. The minimum absolute atomic E-state index is 0.493. The molecule has 2 aliphatic heterocycles. The van der Waals surface area contributed by atoms with Crippen LogP contribution in [-0.4, -0.2) is 59.0 Å². The number of H-pyrrole nitrogens is 1. The summed E-state index contributed by atoms with van der Waals surface area (Å²) in [5.41, 5.74) is 2.64. The van der Waals surface area contributed by atoms with Crippen molar-refractivity contribution < 1.29 is 0 Å². The standard InChI is InChI=1S/C18H23N5/c1-22-7-5-15(6-8-22)23-9-4-14(12-23)18-20-16-3-2-13(11-19)10-17(16)21-18/h2-3,10,14-15H,4-9,12H2,1H3,(H,20,21)/t14-/m0/s1. The molecule has 2 aliphatic rings. The van der Waals surface area contributed by atoms with E-state index in [9.17, 15) is 0 Å². The summed E-state index contributed by atoms with van der Waals surface area (Å²) in [7, 11) is 2.22. The Balaban J connectivity index is 1.48. The van der Waals surface area contributed by atoms with E-state index >= 15 is 0 Å². The molecule has 2 aromatic rings. The maximum absolute atomic E-state index is 9.02. The Labute approximate surface area is 136 Å². The lowest BCUT2D eigenvalue weighted by Crippen LogP contribution is -2.42. The quantitative estimate of drug-likeness (QED) is 0.925. The van der Waals surface area contributed by atoms with Crippen LogP contribution in [0.15, 0.2) is 18.2 Å². The topological polar surface area (TPSA) is 58.9 Å². The van der Waals surface area contributed by atoms with Gasteiger partial charge < -0.3 is 9.88 Å². The molecule has 4 rings (SSSR count). The monoisotopic (exact) mass is 309 g/mol. The minimum Gasteiger partial charge on any atom is -0.342 e. The number of hydrogen-bond acceptors (Lipinski definition) is 4. The van der Waals surface area contributed by atoms with Gasteiger partial charge in [-0.1, -0.05) is 0 Å². The largest absolute Gasteiger partial charge is 0.342 e. The van der Waals surface area contributed by atoms with Crippen LogP contribution in [0.3, 0.4) is 0 Å². The van der Waals surface area contributed by atoms with Crippen molar-refractivity contribution in [3.63, 3.8) is 0 Å². The highest BCUT2D eigenvalue weighted by Crippen LogP contribution is 2.30. The zero-order chi connectivity index (χ0) is 15.8. The van der Waals surface area contributed by atoms with E-state index in [2.05, 4.69) is 27.9 Å². The van der Waals surface area contributed by atoms with Crippen molar-refractivity contribution in [2.24, 2.45) is 0 Å². The second-order valence-corrected chi connectivity index (χ2v) is 6.98. The van der Waals surface area contributed by atoms with Crippen molar-refractivity contribution >= 4 is 11.0 Å². The Kier molecular flexibility index (Phi) is 3.80. The molecule has 0 bridgehead atoms. The Morgan fingerprint density at radius 3 is 2.83 bits per heavy atom. The minimum atomic E-state index is 0.493. The van der Waals surface area contributed by atoms with E-state index in [1.54, 1.807) is 0 Å². The molecule has 0 radical (unpaired) electrons. The Hall–Kier alpha value is -1.90. The zero-order valence-corrected chi connectivity index (χ0v) is 13.6. The average Bonchev–Trinajstić information content (AvgIpc) is 3.21. The third kappa shape index (κ3) is 2.85. The summed E-state index contributed by atoms with van der Waals surface area (Å²) in [5, 5.41) is 9.02. The third-order valence-corrected chi connectivity index (χ3v) is 5.44. The molecular formula is C18H23N5. The Morgan fingerprint density at radius 2 is 2.04 bits per heavy atom. The first-order valence-corrected chi connectivity index (χ1v) is 8.55. The molecule has 23 heavy (non-hydrogen) atoms. The molecule has 2 saturated heterocycles. The van der Waals surface area contributed by atoms with Gasteiger partial charge in [-0.05, 0) is 64.1 Å². The predicted molar refractivity (Wildman–Crippen MR) is 90.3 cm³/mol. The number of hydrogen-bond donors (Lipinski definition) is 1. The zero-order valence-electron chi connectivity index (χ0n) is 13.6. The van der Waals surface area contributed by atoms with E-state index in [4.69, 9.17) is 10.2 Å². The van der Waals surface area contributed by atoms with Crippen LogP contribution in [0.4, 0.5) is 0 Å². The van der Waals surface area contributed by atoms with Crippen LogP contribution in [0.5, 0.6) is 0 Å². The number of likely N-dealkylation sites (tertiary alicyclic amines) is 2. The molecular weight excluding hydrogens is 286 g/mol. The first-order chi connectivity index (χ1) is 11.2. The van der Waals surface area contributed by atoms with Gasteiger partial charge in [0.1, 0.15) is 5.82 Å². The van der Waals surface area contributed by atoms with Gasteiger partial charge >= 0.3 is 0 Å². The van der Waals surface area contributed by atoms with Gasteiger partial charge in [-0.15, -0.1) is 0 Å². The highest BCUT2D eigenvalue weighted by molar-refractivity contribution is 5.76. The fourth-order valence-corrected chi connectivity index (χ4v) is 3.99. The molecule has 120 valence electrons. The van der Waals surface area contributed by atoms with Crippen molar-refractivity contribution in [3.05, 3.63) is 29.6 Å². The average molecular weight is 309 g/mol. The molecule has 2 fully saturated rings. The number of benzene rings is 1. The SMILES string of the molecule is CN1CCC(N2CC[C@H](c3nc4ccc(C#N)cc4[nH]3)C2)CC1. The highest BCUT2D eigenvalue weighted by Gasteiger charge is 2.32. The van der Waals surface area contributed by atoms with Gasteiger partial charge in [-0.3, -0.25) is 4.90 Å². The van der Waals surface area contributed by atoms with E-state index in [0.717, 1.165) is 29.4 Å². The number of aromatic amines is 1.